The van der Waals surface area contributed by atoms with Crippen molar-refractivity contribution in [2.75, 3.05) is 0 Å². The Labute approximate surface area is 144 Å². The number of benzene rings is 2. The molecule has 0 amide bonds. The summed E-state index contributed by atoms with van der Waals surface area (Å²) in [6.45, 7) is 9.96. The van der Waals surface area contributed by atoms with Crippen LogP contribution in [0, 0.1) is 0 Å². The molecule has 128 valence electrons. The Morgan fingerprint density at radius 3 is 1.96 bits per heavy atom. The van der Waals surface area contributed by atoms with Gasteiger partial charge >= 0.3 is 5.97 Å². The largest absolute Gasteiger partial charge is 0.404 e. The molecular formula is C20H25O3P. The molecule has 0 bridgehead atoms. The van der Waals surface area contributed by atoms with Gasteiger partial charge in [0.15, 0.2) is 0 Å². The summed E-state index contributed by atoms with van der Waals surface area (Å²) in [6, 6.07) is 16.2. The van der Waals surface area contributed by atoms with Crippen LogP contribution in [0.25, 0.3) is 0 Å². The topological polar surface area (TPSA) is 43.4 Å². The SMILES string of the molecule is CC(C)P(=O)(OC(=O)c1ccc(C(C)(C)C)cc1)c1ccccc1. The maximum atomic E-state index is 13.3. The van der Waals surface area contributed by atoms with Crippen molar-refractivity contribution in [2.24, 2.45) is 0 Å². The maximum Gasteiger partial charge on any atom is 0.343 e. The second-order valence-electron chi connectivity index (χ2n) is 7.23. The van der Waals surface area contributed by atoms with Crippen LogP contribution < -0.4 is 5.30 Å². The van der Waals surface area contributed by atoms with Gasteiger partial charge in [-0.1, -0.05) is 65.0 Å². The highest BCUT2D eigenvalue weighted by Crippen LogP contribution is 2.51. The normalized spacial score (nSPS) is 14.2. The molecule has 0 N–H and O–H groups in total. The predicted molar refractivity (Wildman–Crippen MR) is 99.4 cm³/mol. The molecule has 0 saturated heterocycles. The quantitative estimate of drug-likeness (QED) is 0.720. The molecule has 0 fully saturated rings. The van der Waals surface area contributed by atoms with Gasteiger partial charge in [-0.3, -0.25) is 4.57 Å². The van der Waals surface area contributed by atoms with Crippen molar-refractivity contribution in [1.29, 1.82) is 0 Å². The van der Waals surface area contributed by atoms with Gasteiger partial charge in [0.25, 0.3) is 7.37 Å². The van der Waals surface area contributed by atoms with Crippen molar-refractivity contribution < 1.29 is 13.9 Å². The van der Waals surface area contributed by atoms with E-state index in [2.05, 4.69) is 20.8 Å². The second-order valence-corrected chi connectivity index (χ2v) is 10.2. The standard InChI is InChI=1S/C20H25O3P/c1-15(2)24(22,18-9-7-6-8-10-18)23-19(21)16-11-13-17(14-12-16)20(3,4)5/h6-15H,1-5H3. The van der Waals surface area contributed by atoms with E-state index in [0.717, 1.165) is 5.56 Å². The third kappa shape index (κ3) is 3.96. The van der Waals surface area contributed by atoms with E-state index in [-0.39, 0.29) is 11.1 Å². The van der Waals surface area contributed by atoms with Crippen molar-refractivity contribution in [1.82, 2.24) is 0 Å². The molecule has 4 heteroatoms. The summed E-state index contributed by atoms with van der Waals surface area (Å²) in [6.07, 6.45) is 0. The average Bonchev–Trinajstić information content (AvgIpc) is 2.54. The van der Waals surface area contributed by atoms with Gasteiger partial charge in [0, 0.05) is 11.0 Å². The number of hydrogen-bond donors (Lipinski definition) is 0. The molecule has 0 aliphatic carbocycles. The fourth-order valence-corrected chi connectivity index (χ4v) is 4.23. The van der Waals surface area contributed by atoms with Crippen LogP contribution in [0.2, 0.25) is 0 Å². The molecule has 1 unspecified atom stereocenters. The molecule has 2 aromatic rings. The molecule has 0 spiro atoms. The van der Waals surface area contributed by atoms with Crippen LogP contribution in [-0.2, 0) is 14.5 Å². The van der Waals surface area contributed by atoms with Gasteiger partial charge in [0.1, 0.15) is 0 Å². The molecule has 0 aliphatic heterocycles. The summed E-state index contributed by atoms with van der Waals surface area (Å²) in [7, 11) is -3.26. The van der Waals surface area contributed by atoms with Crippen LogP contribution in [0.15, 0.2) is 54.6 Å². The van der Waals surface area contributed by atoms with Gasteiger partial charge < -0.3 is 4.52 Å². The number of carbonyl (C=O) groups is 1. The number of rotatable bonds is 4. The molecule has 3 nitrogen and oxygen atoms in total. The van der Waals surface area contributed by atoms with E-state index < -0.39 is 13.3 Å². The monoisotopic (exact) mass is 344 g/mol. The third-order valence-corrected chi connectivity index (χ3v) is 6.82. The minimum absolute atomic E-state index is 0.0136. The van der Waals surface area contributed by atoms with Crippen LogP contribution in [-0.4, -0.2) is 11.6 Å². The lowest BCUT2D eigenvalue weighted by atomic mass is 9.87. The van der Waals surface area contributed by atoms with Crippen molar-refractivity contribution in [3.8, 4) is 0 Å². The summed E-state index contributed by atoms with van der Waals surface area (Å²) in [4.78, 5) is 12.5. The van der Waals surface area contributed by atoms with Crippen LogP contribution >= 0.6 is 7.37 Å². The van der Waals surface area contributed by atoms with Gasteiger partial charge in [-0.05, 0) is 35.2 Å². The summed E-state index contributed by atoms with van der Waals surface area (Å²) in [5.41, 5.74) is 1.28. The van der Waals surface area contributed by atoms with Crippen molar-refractivity contribution in [3.63, 3.8) is 0 Å². The summed E-state index contributed by atoms with van der Waals surface area (Å²) >= 11 is 0. The van der Waals surface area contributed by atoms with E-state index in [1.807, 2.05) is 32.0 Å². The molecule has 0 aromatic heterocycles. The lowest BCUT2D eigenvalue weighted by Gasteiger charge is -2.22. The molecule has 0 aliphatic rings. The fourth-order valence-electron chi connectivity index (χ4n) is 2.37. The van der Waals surface area contributed by atoms with E-state index >= 15 is 0 Å². The molecule has 2 aromatic carbocycles. The minimum atomic E-state index is -3.26. The van der Waals surface area contributed by atoms with Gasteiger partial charge in [0.2, 0.25) is 0 Å². The molecule has 0 heterocycles. The molecule has 1 atom stereocenters. The zero-order valence-corrected chi connectivity index (χ0v) is 15.8. The van der Waals surface area contributed by atoms with Gasteiger partial charge in [-0.2, -0.15) is 0 Å². The van der Waals surface area contributed by atoms with Gasteiger partial charge in [-0.15, -0.1) is 0 Å². The number of carbonyl (C=O) groups excluding carboxylic acids is 1. The van der Waals surface area contributed by atoms with Gasteiger partial charge in [-0.25, -0.2) is 4.79 Å². The Morgan fingerprint density at radius 1 is 0.958 bits per heavy atom. The van der Waals surface area contributed by atoms with Crippen molar-refractivity contribution >= 4 is 18.6 Å². The van der Waals surface area contributed by atoms with E-state index in [0.29, 0.717) is 10.9 Å². The first kappa shape index (κ1) is 18.5. The van der Waals surface area contributed by atoms with Crippen molar-refractivity contribution in [3.05, 3.63) is 65.7 Å². The lowest BCUT2D eigenvalue weighted by Crippen LogP contribution is -2.18. The molecule has 2 rings (SSSR count). The first-order valence-corrected chi connectivity index (χ1v) is 9.84. The van der Waals surface area contributed by atoms with Crippen LogP contribution in [0.1, 0.15) is 50.5 Å². The molecule has 0 saturated carbocycles. The van der Waals surface area contributed by atoms with E-state index in [1.165, 1.54) is 0 Å². The first-order valence-electron chi connectivity index (χ1n) is 8.14. The van der Waals surface area contributed by atoms with E-state index in [1.54, 1.807) is 36.4 Å². The number of hydrogen-bond acceptors (Lipinski definition) is 3. The van der Waals surface area contributed by atoms with E-state index in [4.69, 9.17) is 4.52 Å². The Morgan fingerprint density at radius 2 is 1.50 bits per heavy atom. The Balaban J connectivity index is 2.28. The van der Waals surface area contributed by atoms with Crippen LogP contribution in [0.5, 0.6) is 0 Å². The predicted octanol–water partition coefficient (Wildman–Crippen LogP) is 5.15. The third-order valence-electron chi connectivity index (χ3n) is 4.00. The zero-order chi connectivity index (χ0) is 18.0. The Kier molecular flexibility index (Phi) is 5.35. The highest BCUT2D eigenvalue weighted by atomic mass is 31.2. The first-order chi connectivity index (χ1) is 11.1. The Hall–Kier alpha value is -1.86. The fraction of sp³-hybridized carbons (Fsp3) is 0.350. The highest BCUT2D eigenvalue weighted by Gasteiger charge is 2.34. The average molecular weight is 344 g/mol. The van der Waals surface area contributed by atoms with Crippen molar-refractivity contribution in [2.45, 2.75) is 45.7 Å². The lowest BCUT2D eigenvalue weighted by molar-refractivity contribution is 0.0741. The molecular weight excluding hydrogens is 319 g/mol. The molecule has 0 radical (unpaired) electrons. The smallest absolute Gasteiger partial charge is 0.343 e. The minimum Gasteiger partial charge on any atom is -0.404 e. The zero-order valence-electron chi connectivity index (χ0n) is 14.9. The molecule has 24 heavy (non-hydrogen) atoms. The highest BCUT2D eigenvalue weighted by molar-refractivity contribution is 7.68. The Bertz CT molecular complexity index is 741. The summed E-state index contributed by atoms with van der Waals surface area (Å²) in [5, 5.41) is 0.569. The maximum absolute atomic E-state index is 13.3. The van der Waals surface area contributed by atoms with Crippen LogP contribution in [0.4, 0.5) is 0 Å². The summed E-state index contributed by atoms with van der Waals surface area (Å²) < 4.78 is 18.8. The van der Waals surface area contributed by atoms with E-state index in [9.17, 15) is 9.36 Å². The summed E-state index contributed by atoms with van der Waals surface area (Å²) in [5.74, 6) is -0.545. The van der Waals surface area contributed by atoms with Crippen LogP contribution in [0.3, 0.4) is 0 Å². The van der Waals surface area contributed by atoms with Gasteiger partial charge in [0.05, 0.1) is 5.56 Å². The second kappa shape index (κ2) is 6.94.